The van der Waals surface area contributed by atoms with Crippen molar-refractivity contribution in [3.8, 4) is 0 Å². The highest BCUT2D eigenvalue weighted by Crippen LogP contribution is 2.47. The van der Waals surface area contributed by atoms with Crippen molar-refractivity contribution in [1.29, 1.82) is 0 Å². The number of hydrogen-bond acceptors (Lipinski definition) is 3. The van der Waals surface area contributed by atoms with Gasteiger partial charge >= 0.3 is 0 Å². The lowest BCUT2D eigenvalue weighted by Gasteiger charge is -2.48. The second-order valence-corrected chi connectivity index (χ2v) is 6.53. The Morgan fingerprint density at radius 3 is 2.32 bits per heavy atom. The normalized spacial score (nSPS) is 31.9. The zero-order valence-electron chi connectivity index (χ0n) is 12.0. The van der Waals surface area contributed by atoms with Gasteiger partial charge in [-0.1, -0.05) is 26.1 Å². The first-order valence-electron chi connectivity index (χ1n) is 7.31. The molecule has 0 aromatic heterocycles. The van der Waals surface area contributed by atoms with Gasteiger partial charge in [0.05, 0.1) is 10.4 Å². The summed E-state index contributed by atoms with van der Waals surface area (Å²) in [5.41, 5.74) is 5.32. The summed E-state index contributed by atoms with van der Waals surface area (Å²) in [6.07, 6.45) is 2.83. The quantitative estimate of drug-likeness (QED) is 0.789. The fourth-order valence-electron chi connectivity index (χ4n) is 3.40. The van der Waals surface area contributed by atoms with Crippen LogP contribution in [0.2, 0.25) is 0 Å². The fourth-order valence-corrected chi connectivity index (χ4v) is 3.66. The second-order valence-electron chi connectivity index (χ2n) is 6.09. The van der Waals surface area contributed by atoms with E-state index in [1.165, 1.54) is 6.42 Å². The van der Waals surface area contributed by atoms with Gasteiger partial charge in [0.25, 0.3) is 0 Å². The van der Waals surface area contributed by atoms with Crippen LogP contribution in [-0.2, 0) is 4.79 Å². The molecular weight excluding hydrogens is 258 g/mol. The second kappa shape index (κ2) is 5.75. The summed E-state index contributed by atoms with van der Waals surface area (Å²) in [5.74, 6) is 0.737. The lowest BCUT2D eigenvalue weighted by atomic mass is 9.61. The third kappa shape index (κ3) is 2.77. The average Bonchev–Trinajstić information content (AvgIpc) is 2.35. The number of carbonyl (C=O) groups excluding carboxylic acids is 1. The van der Waals surface area contributed by atoms with E-state index < -0.39 is 5.41 Å². The monoisotopic (exact) mass is 283 g/mol. The predicted molar refractivity (Wildman–Crippen MR) is 80.9 cm³/mol. The summed E-state index contributed by atoms with van der Waals surface area (Å²) >= 11 is 5.16. The highest BCUT2D eigenvalue weighted by molar-refractivity contribution is 7.80. The van der Waals surface area contributed by atoms with Crippen LogP contribution in [0.1, 0.15) is 33.1 Å². The van der Waals surface area contributed by atoms with Crippen molar-refractivity contribution in [3.63, 3.8) is 0 Å². The molecule has 0 atom stereocenters. The summed E-state index contributed by atoms with van der Waals surface area (Å²) in [4.78, 5) is 17.5. The van der Waals surface area contributed by atoms with Gasteiger partial charge in [-0.05, 0) is 31.7 Å². The predicted octanol–water partition coefficient (Wildman–Crippen LogP) is 1.24. The Balaban J connectivity index is 1.95. The lowest BCUT2D eigenvalue weighted by Crippen LogP contribution is -2.60. The number of thiocarbonyl (C=S) groups is 1. The number of piperazine rings is 1. The van der Waals surface area contributed by atoms with Crippen LogP contribution in [0.25, 0.3) is 0 Å². The SMILES string of the molecule is CCCN1CCN(C(=O)C2(C(N)=S)CC(C)C2)CC1. The zero-order chi connectivity index (χ0) is 14.0. The van der Waals surface area contributed by atoms with Gasteiger partial charge < -0.3 is 10.6 Å². The number of hydrogen-bond donors (Lipinski definition) is 1. The molecule has 1 saturated carbocycles. The molecule has 2 fully saturated rings. The molecule has 108 valence electrons. The van der Waals surface area contributed by atoms with Gasteiger partial charge in [0, 0.05) is 26.2 Å². The van der Waals surface area contributed by atoms with Crippen molar-refractivity contribution in [3.05, 3.63) is 0 Å². The van der Waals surface area contributed by atoms with Crippen molar-refractivity contribution in [2.45, 2.75) is 33.1 Å². The molecule has 1 heterocycles. The van der Waals surface area contributed by atoms with E-state index in [1.54, 1.807) is 0 Å². The molecule has 1 aliphatic heterocycles. The first-order chi connectivity index (χ1) is 8.99. The van der Waals surface area contributed by atoms with Crippen molar-refractivity contribution >= 4 is 23.1 Å². The number of amides is 1. The Kier molecular flexibility index (Phi) is 4.46. The van der Waals surface area contributed by atoms with E-state index in [0.717, 1.165) is 45.6 Å². The Morgan fingerprint density at radius 1 is 1.32 bits per heavy atom. The minimum absolute atomic E-state index is 0.175. The molecule has 1 aliphatic carbocycles. The maximum Gasteiger partial charge on any atom is 0.235 e. The van der Waals surface area contributed by atoms with Gasteiger partial charge in [0.1, 0.15) is 0 Å². The average molecular weight is 283 g/mol. The zero-order valence-corrected chi connectivity index (χ0v) is 12.8. The summed E-state index contributed by atoms with van der Waals surface area (Å²) < 4.78 is 0. The lowest BCUT2D eigenvalue weighted by molar-refractivity contribution is -0.145. The first-order valence-corrected chi connectivity index (χ1v) is 7.72. The molecule has 19 heavy (non-hydrogen) atoms. The summed E-state index contributed by atoms with van der Waals surface area (Å²) in [6.45, 7) is 9.05. The van der Waals surface area contributed by atoms with E-state index in [2.05, 4.69) is 18.7 Å². The van der Waals surface area contributed by atoms with E-state index in [1.807, 2.05) is 4.90 Å². The van der Waals surface area contributed by atoms with E-state index in [0.29, 0.717) is 10.9 Å². The Morgan fingerprint density at radius 2 is 1.89 bits per heavy atom. The molecule has 0 spiro atoms. The molecule has 0 bridgehead atoms. The van der Waals surface area contributed by atoms with Crippen LogP contribution in [0.3, 0.4) is 0 Å². The molecule has 2 N–H and O–H groups in total. The molecule has 1 saturated heterocycles. The Bertz CT molecular complexity index is 358. The van der Waals surface area contributed by atoms with Crippen LogP contribution < -0.4 is 5.73 Å². The molecular formula is C14H25N3OS. The Hall–Kier alpha value is -0.680. The van der Waals surface area contributed by atoms with Crippen LogP contribution in [0.15, 0.2) is 0 Å². The molecule has 4 nitrogen and oxygen atoms in total. The number of nitrogens with zero attached hydrogens (tertiary/aromatic N) is 2. The topological polar surface area (TPSA) is 49.6 Å². The van der Waals surface area contributed by atoms with Gasteiger partial charge in [0.15, 0.2) is 0 Å². The van der Waals surface area contributed by atoms with E-state index in [-0.39, 0.29) is 5.91 Å². The van der Waals surface area contributed by atoms with E-state index in [4.69, 9.17) is 18.0 Å². The van der Waals surface area contributed by atoms with Crippen LogP contribution in [-0.4, -0.2) is 53.4 Å². The van der Waals surface area contributed by atoms with Gasteiger partial charge in [0.2, 0.25) is 5.91 Å². The standard InChI is InChI=1S/C14H25N3OS/c1-3-4-16-5-7-17(8-6-16)13(18)14(12(15)19)9-11(2)10-14/h11H,3-10H2,1-2H3,(H2,15,19). The van der Waals surface area contributed by atoms with Gasteiger partial charge in [-0.2, -0.15) is 0 Å². The first kappa shape index (κ1) is 14.7. The molecule has 1 amide bonds. The number of rotatable bonds is 4. The molecule has 0 unspecified atom stereocenters. The van der Waals surface area contributed by atoms with Crippen LogP contribution in [0.4, 0.5) is 0 Å². The van der Waals surface area contributed by atoms with Crippen molar-refractivity contribution in [2.75, 3.05) is 32.7 Å². The summed E-state index contributed by atoms with van der Waals surface area (Å²) in [6, 6.07) is 0. The smallest absolute Gasteiger partial charge is 0.235 e. The van der Waals surface area contributed by atoms with Crippen molar-refractivity contribution < 1.29 is 4.79 Å². The summed E-state index contributed by atoms with van der Waals surface area (Å²) in [5, 5.41) is 0. The highest BCUT2D eigenvalue weighted by atomic mass is 32.1. The largest absolute Gasteiger partial charge is 0.392 e. The number of carbonyl (C=O) groups is 1. The molecule has 2 rings (SSSR count). The Labute approximate surface area is 121 Å². The van der Waals surface area contributed by atoms with Gasteiger partial charge in [-0.3, -0.25) is 9.69 Å². The highest BCUT2D eigenvalue weighted by Gasteiger charge is 2.52. The van der Waals surface area contributed by atoms with Crippen LogP contribution >= 0.6 is 12.2 Å². The van der Waals surface area contributed by atoms with Gasteiger partial charge in [-0.25, -0.2) is 0 Å². The molecule has 0 aromatic rings. The fraction of sp³-hybridized carbons (Fsp3) is 0.857. The molecule has 5 heteroatoms. The molecule has 0 radical (unpaired) electrons. The minimum atomic E-state index is -0.526. The molecule has 2 aliphatic rings. The summed E-state index contributed by atoms with van der Waals surface area (Å²) in [7, 11) is 0. The van der Waals surface area contributed by atoms with Crippen molar-refractivity contribution in [1.82, 2.24) is 9.80 Å². The third-order valence-electron chi connectivity index (χ3n) is 4.47. The van der Waals surface area contributed by atoms with Gasteiger partial charge in [-0.15, -0.1) is 0 Å². The molecule has 0 aromatic carbocycles. The number of nitrogens with two attached hydrogens (primary N) is 1. The third-order valence-corrected chi connectivity index (χ3v) is 4.86. The maximum absolute atomic E-state index is 12.7. The van der Waals surface area contributed by atoms with Crippen LogP contribution in [0, 0.1) is 11.3 Å². The van der Waals surface area contributed by atoms with E-state index >= 15 is 0 Å². The maximum atomic E-state index is 12.7. The van der Waals surface area contributed by atoms with Crippen molar-refractivity contribution in [2.24, 2.45) is 17.1 Å². The minimum Gasteiger partial charge on any atom is -0.392 e. The van der Waals surface area contributed by atoms with Crippen LogP contribution in [0.5, 0.6) is 0 Å². The van der Waals surface area contributed by atoms with E-state index in [9.17, 15) is 4.79 Å².